The summed E-state index contributed by atoms with van der Waals surface area (Å²) in [5.41, 5.74) is 1.49. The van der Waals surface area contributed by atoms with Gasteiger partial charge >= 0.3 is 0 Å². The number of aliphatic hydroxyl groups is 1. The average molecular weight is 509 g/mol. The number of benzene rings is 2. The minimum absolute atomic E-state index is 0.0656. The Hall–Kier alpha value is -1.95. The first-order valence-corrected chi connectivity index (χ1v) is 14.7. The van der Waals surface area contributed by atoms with Crippen LogP contribution in [0.4, 0.5) is 0 Å². The van der Waals surface area contributed by atoms with Crippen molar-refractivity contribution in [2.45, 2.75) is 30.3 Å². The van der Waals surface area contributed by atoms with E-state index < -0.39 is 32.6 Å². The summed E-state index contributed by atoms with van der Waals surface area (Å²) in [5, 5.41) is 9.92. The molecule has 4 rings (SSSR count). The van der Waals surface area contributed by atoms with Gasteiger partial charge in [0.1, 0.15) is 0 Å². The predicted molar refractivity (Wildman–Crippen MR) is 132 cm³/mol. The van der Waals surface area contributed by atoms with Crippen molar-refractivity contribution < 1.29 is 27.4 Å². The van der Waals surface area contributed by atoms with Crippen LogP contribution < -0.4 is 0 Å². The maximum Gasteiger partial charge on any atom is 0.243 e. The standard InChI is InChI=1S/C24H32N2O6S2/c1-18(27)20-8-5-9-23(15-20)34(31,32)26-16-21(19-6-3-2-4-7-19)14-22(17-26)24(28)25-10-12-33(29,30)13-11-25/h2-9,15,18,21-22,27,29-30H,10-14,16-17H2,1H3. The van der Waals surface area contributed by atoms with Crippen molar-refractivity contribution >= 4 is 26.5 Å². The highest BCUT2D eigenvalue weighted by atomic mass is 32.3. The second-order valence-corrected chi connectivity index (χ2v) is 13.5. The van der Waals surface area contributed by atoms with Gasteiger partial charge in [-0.1, -0.05) is 42.5 Å². The second kappa shape index (κ2) is 9.96. The quantitative estimate of drug-likeness (QED) is 0.571. The van der Waals surface area contributed by atoms with Crippen LogP contribution in [0.15, 0.2) is 59.5 Å². The molecule has 1 amide bonds. The van der Waals surface area contributed by atoms with E-state index in [-0.39, 0.29) is 54.4 Å². The lowest BCUT2D eigenvalue weighted by Crippen LogP contribution is -2.51. The van der Waals surface area contributed by atoms with Crippen molar-refractivity contribution in [1.82, 2.24) is 9.21 Å². The highest BCUT2D eigenvalue weighted by Gasteiger charge is 2.40. The SMILES string of the molecule is CC(O)c1cccc(S(=O)(=O)N2CC(C(=O)N3CCS(O)(O)CC3)CC(c3ccccc3)C2)c1. The van der Waals surface area contributed by atoms with Crippen LogP contribution in [0.25, 0.3) is 0 Å². The van der Waals surface area contributed by atoms with E-state index in [9.17, 15) is 27.4 Å². The minimum atomic E-state index is -3.90. The average Bonchev–Trinajstić information content (AvgIpc) is 2.84. The number of hydrogen-bond donors (Lipinski definition) is 3. The smallest absolute Gasteiger partial charge is 0.243 e. The normalized spacial score (nSPS) is 25.5. The van der Waals surface area contributed by atoms with Crippen molar-refractivity contribution in [1.29, 1.82) is 0 Å². The highest BCUT2D eigenvalue weighted by molar-refractivity contribution is 8.24. The van der Waals surface area contributed by atoms with Crippen molar-refractivity contribution in [2.24, 2.45) is 5.92 Å². The van der Waals surface area contributed by atoms with E-state index in [0.29, 0.717) is 12.0 Å². The maximum atomic E-state index is 13.6. The summed E-state index contributed by atoms with van der Waals surface area (Å²) in [5.74, 6) is -0.519. The molecule has 2 aliphatic rings. The van der Waals surface area contributed by atoms with E-state index in [4.69, 9.17) is 0 Å². The third kappa shape index (κ3) is 5.48. The number of piperidine rings is 1. The summed E-state index contributed by atoms with van der Waals surface area (Å²) in [6, 6.07) is 15.9. The molecule has 0 aliphatic carbocycles. The Balaban J connectivity index is 1.63. The first kappa shape index (κ1) is 25.2. The van der Waals surface area contributed by atoms with Gasteiger partial charge in [-0.05, 0) is 42.5 Å². The Morgan fingerprint density at radius 3 is 2.35 bits per heavy atom. The lowest BCUT2D eigenvalue weighted by molar-refractivity contribution is -0.136. The number of carbonyl (C=O) groups excluding carboxylic acids is 1. The fourth-order valence-electron chi connectivity index (χ4n) is 4.69. The molecule has 0 bridgehead atoms. The molecule has 0 aromatic heterocycles. The Bertz CT molecular complexity index is 1110. The molecule has 10 heteroatoms. The Kier molecular flexibility index (Phi) is 7.37. The van der Waals surface area contributed by atoms with Gasteiger partial charge in [-0.25, -0.2) is 8.42 Å². The molecule has 0 radical (unpaired) electrons. The summed E-state index contributed by atoms with van der Waals surface area (Å²) in [6.07, 6.45) is -0.274. The van der Waals surface area contributed by atoms with Crippen LogP contribution in [-0.4, -0.2) is 75.4 Å². The Labute approximate surface area is 202 Å². The molecule has 186 valence electrons. The molecule has 3 atom stereocenters. The Morgan fingerprint density at radius 2 is 1.71 bits per heavy atom. The van der Waals surface area contributed by atoms with Crippen LogP contribution >= 0.6 is 10.6 Å². The molecule has 8 nitrogen and oxygen atoms in total. The third-order valence-corrected chi connectivity index (χ3v) is 10.2. The summed E-state index contributed by atoms with van der Waals surface area (Å²) in [6.45, 7) is 2.43. The zero-order valence-corrected chi connectivity index (χ0v) is 20.8. The molecule has 0 spiro atoms. The van der Waals surface area contributed by atoms with Crippen LogP contribution in [0.3, 0.4) is 0 Å². The highest BCUT2D eigenvalue weighted by Crippen LogP contribution is 2.41. The largest absolute Gasteiger partial charge is 0.389 e. The molecular weight excluding hydrogens is 476 g/mol. The molecule has 2 aliphatic heterocycles. The molecular formula is C24H32N2O6S2. The van der Waals surface area contributed by atoms with Crippen molar-refractivity contribution in [3.05, 3.63) is 65.7 Å². The Morgan fingerprint density at radius 1 is 1.03 bits per heavy atom. The topological polar surface area (TPSA) is 118 Å². The van der Waals surface area contributed by atoms with Gasteiger partial charge in [0.15, 0.2) is 0 Å². The van der Waals surface area contributed by atoms with Crippen molar-refractivity contribution in [2.75, 3.05) is 37.7 Å². The zero-order valence-electron chi connectivity index (χ0n) is 19.2. The van der Waals surface area contributed by atoms with Crippen LogP contribution in [0.5, 0.6) is 0 Å². The fraction of sp³-hybridized carbons (Fsp3) is 0.458. The molecule has 2 aromatic carbocycles. The number of rotatable bonds is 5. The van der Waals surface area contributed by atoms with E-state index in [1.165, 1.54) is 16.4 Å². The third-order valence-electron chi connectivity index (χ3n) is 6.70. The van der Waals surface area contributed by atoms with E-state index in [0.717, 1.165) is 5.56 Å². The summed E-state index contributed by atoms with van der Waals surface area (Å²) >= 11 is 0. The van der Waals surface area contributed by atoms with Gasteiger partial charge in [0.25, 0.3) is 0 Å². The first-order valence-electron chi connectivity index (χ1n) is 11.4. The van der Waals surface area contributed by atoms with E-state index in [1.54, 1.807) is 24.0 Å². The van der Waals surface area contributed by atoms with Crippen LogP contribution in [0, 0.1) is 5.92 Å². The van der Waals surface area contributed by atoms with Crippen LogP contribution in [0.2, 0.25) is 0 Å². The number of nitrogens with zero attached hydrogens (tertiary/aromatic N) is 2. The molecule has 2 aromatic rings. The number of hydrogen-bond acceptors (Lipinski definition) is 6. The van der Waals surface area contributed by atoms with Crippen LogP contribution in [-0.2, 0) is 14.8 Å². The van der Waals surface area contributed by atoms with Gasteiger partial charge in [0.05, 0.1) is 28.4 Å². The van der Waals surface area contributed by atoms with Gasteiger partial charge < -0.3 is 10.0 Å². The lowest BCUT2D eigenvalue weighted by Gasteiger charge is -2.43. The predicted octanol–water partition coefficient (Wildman–Crippen LogP) is 3.13. The first-order chi connectivity index (χ1) is 16.1. The fourth-order valence-corrected chi connectivity index (χ4v) is 7.51. The molecule has 2 heterocycles. The van der Waals surface area contributed by atoms with Gasteiger partial charge in [-0.2, -0.15) is 14.9 Å². The summed E-state index contributed by atoms with van der Waals surface area (Å²) in [7, 11) is -6.53. The van der Waals surface area contributed by atoms with Crippen molar-refractivity contribution in [3.63, 3.8) is 0 Å². The van der Waals surface area contributed by atoms with Gasteiger partial charge in [-0.15, -0.1) is 0 Å². The molecule has 34 heavy (non-hydrogen) atoms. The number of amides is 1. The zero-order chi connectivity index (χ0) is 24.5. The second-order valence-electron chi connectivity index (χ2n) is 9.15. The minimum Gasteiger partial charge on any atom is -0.389 e. The monoisotopic (exact) mass is 508 g/mol. The number of carbonyl (C=O) groups is 1. The summed E-state index contributed by atoms with van der Waals surface area (Å²) < 4.78 is 48.4. The van der Waals surface area contributed by atoms with E-state index >= 15 is 0 Å². The van der Waals surface area contributed by atoms with Gasteiger partial charge in [0, 0.05) is 26.2 Å². The van der Waals surface area contributed by atoms with E-state index in [2.05, 4.69) is 0 Å². The van der Waals surface area contributed by atoms with Gasteiger partial charge in [0.2, 0.25) is 15.9 Å². The van der Waals surface area contributed by atoms with Crippen molar-refractivity contribution in [3.8, 4) is 0 Å². The molecule has 0 saturated carbocycles. The molecule has 2 fully saturated rings. The molecule has 2 saturated heterocycles. The van der Waals surface area contributed by atoms with E-state index in [1.807, 2.05) is 30.3 Å². The number of sulfonamides is 1. The molecule has 3 N–H and O–H groups in total. The van der Waals surface area contributed by atoms with Crippen LogP contribution in [0.1, 0.15) is 36.5 Å². The molecule has 3 unspecified atom stereocenters. The van der Waals surface area contributed by atoms with Gasteiger partial charge in [-0.3, -0.25) is 13.9 Å². The number of aliphatic hydroxyl groups excluding tert-OH is 1. The summed E-state index contributed by atoms with van der Waals surface area (Å²) in [4.78, 5) is 15.1. The maximum absolute atomic E-state index is 13.6. The lowest BCUT2D eigenvalue weighted by atomic mass is 9.85.